The molecule has 2 heterocycles. The summed E-state index contributed by atoms with van der Waals surface area (Å²) in [5.41, 5.74) is -0.0204. The van der Waals surface area contributed by atoms with Gasteiger partial charge in [0.15, 0.2) is 11.5 Å². The number of carbonyl (C=O) groups is 1. The molecule has 1 N–H and O–H groups in total. The molecule has 1 aliphatic rings. The predicted molar refractivity (Wildman–Crippen MR) is 65.8 cm³/mol. The van der Waals surface area contributed by atoms with Gasteiger partial charge in [-0.1, -0.05) is 0 Å². The van der Waals surface area contributed by atoms with Gasteiger partial charge in [-0.25, -0.2) is 4.79 Å². The number of nitrogens with zero attached hydrogens (tertiary/aromatic N) is 3. The van der Waals surface area contributed by atoms with Gasteiger partial charge >= 0.3 is 5.97 Å². The molecule has 1 saturated heterocycles. The molecule has 0 amide bonds. The molecule has 0 bridgehead atoms. The molecule has 1 aliphatic heterocycles. The number of ether oxygens (including phenoxy) is 1. The van der Waals surface area contributed by atoms with Gasteiger partial charge in [0.25, 0.3) is 0 Å². The Morgan fingerprint density at radius 3 is 2.67 bits per heavy atom. The van der Waals surface area contributed by atoms with Crippen molar-refractivity contribution in [1.82, 2.24) is 10.2 Å². The molecule has 0 aromatic carbocycles. The quantitative estimate of drug-likeness (QED) is 0.861. The lowest BCUT2D eigenvalue weighted by Crippen LogP contribution is -2.35. The van der Waals surface area contributed by atoms with Gasteiger partial charge in [-0.15, -0.1) is 10.2 Å². The molecule has 1 aromatic rings. The van der Waals surface area contributed by atoms with E-state index in [1.165, 1.54) is 6.07 Å². The summed E-state index contributed by atoms with van der Waals surface area (Å²) in [6, 6.07) is 3.21. The maximum absolute atomic E-state index is 10.7. The number of piperidine rings is 1. The van der Waals surface area contributed by atoms with E-state index in [2.05, 4.69) is 15.1 Å². The number of carboxylic acids is 1. The van der Waals surface area contributed by atoms with Crippen molar-refractivity contribution in [3.05, 3.63) is 17.8 Å². The molecular weight excluding hydrogens is 234 g/mol. The Labute approximate surface area is 106 Å². The van der Waals surface area contributed by atoms with Crippen LogP contribution in [0.4, 0.5) is 5.82 Å². The first-order chi connectivity index (χ1) is 8.70. The second-order valence-corrected chi connectivity index (χ2v) is 4.47. The maximum Gasteiger partial charge on any atom is 0.356 e. The Bertz CT molecular complexity index is 400. The largest absolute Gasteiger partial charge is 0.476 e. The van der Waals surface area contributed by atoms with Gasteiger partial charge in [-0.05, 0) is 30.9 Å². The Balaban J connectivity index is 1.95. The molecule has 1 aromatic heterocycles. The van der Waals surface area contributed by atoms with Crippen LogP contribution < -0.4 is 4.90 Å². The third-order valence-electron chi connectivity index (χ3n) is 3.21. The summed E-state index contributed by atoms with van der Waals surface area (Å²) in [6.07, 6.45) is 2.13. The summed E-state index contributed by atoms with van der Waals surface area (Å²) in [5.74, 6) is 0.307. The van der Waals surface area contributed by atoms with E-state index in [1.807, 2.05) is 0 Å². The number of methoxy groups -OCH3 is 1. The van der Waals surface area contributed by atoms with Crippen molar-refractivity contribution in [2.24, 2.45) is 5.92 Å². The van der Waals surface area contributed by atoms with Crippen LogP contribution in [0.3, 0.4) is 0 Å². The number of aromatic carboxylic acids is 1. The molecule has 6 heteroatoms. The number of hydrogen-bond acceptors (Lipinski definition) is 5. The summed E-state index contributed by atoms with van der Waals surface area (Å²) in [7, 11) is 1.72. The molecule has 98 valence electrons. The summed E-state index contributed by atoms with van der Waals surface area (Å²) in [4.78, 5) is 12.8. The van der Waals surface area contributed by atoms with Crippen molar-refractivity contribution < 1.29 is 14.6 Å². The highest BCUT2D eigenvalue weighted by atomic mass is 16.5. The van der Waals surface area contributed by atoms with Crippen LogP contribution in [0.5, 0.6) is 0 Å². The normalized spacial score (nSPS) is 16.8. The summed E-state index contributed by atoms with van der Waals surface area (Å²) < 4.78 is 5.15. The zero-order chi connectivity index (χ0) is 13.0. The lowest BCUT2D eigenvalue weighted by atomic mass is 9.98. The Morgan fingerprint density at radius 2 is 2.17 bits per heavy atom. The first kappa shape index (κ1) is 12.8. The maximum atomic E-state index is 10.7. The molecular formula is C12H17N3O3. The Kier molecular flexibility index (Phi) is 4.09. The molecule has 1 fully saturated rings. The molecule has 6 nitrogen and oxygen atoms in total. The number of hydrogen-bond donors (Lipinski definition) is 1. The smallest absolute Gasteiger partial charge is 0.356 e. The van der Waals surface area contributed by atoms with Gasteiger partial charge in [-0.2, -0.15) is 0 Å². The molecule has 0 unspecified atom stereocenters. The fourth-order valence-corrected chi connectivity index (χ4v) is 2.17. The van der Waals surface area contributed by atoms with E-state index in [-0.39, 0.29) is 5.69 Å². The van der Waals surface area contributed by atoms with Crippen molar-refractivity contribution in [2.75, 3.05) is 31.7 Å². The lowest BCUT2D eigenvalue weighted by Gasteiger charge is -2.32. The first-order valence-electron chi connectivity index (χ1n) is 6.01. The van der Waals surface area contributed by atoms with Gasteiger partial charge < -0.3 is 14.7 Å². The Hall–Kier alpha value is -1.69. The van der Waals surface area contributed by atoms with E-state index >= 15 is 0 Å². The van der Waals surface area contributed by atoms with Crippen LogP contribution in [0.1, 0.15) is 23.3 Å². The van der Waals surface area contributed by atoms with Crippen LogP contribution in [0.2, 0.25) is 0 Å². The monoisotopic (exact) mass is 251 g/mol. The summed E-state index contributed by atoms with van der Waals surface area (Å²) >= 11 is 0. The summed E-state index contributed by atoms with van der Waals surface area (Å²) in [6.45, 7) is 2.63. The van der Waals surface area contributed by atoms with Crippen LogP contribution in [-0.2, 0) is 4.74 Å². The van der Waals surface area contributed by atoms with Gasteiger partial charge in [0.1, 0.15) is 0 Å². The second-order valence-electron chi connectivity index (χ2n) is 4.47. The second kappa shape index (κ2) is 5.77. The zero-order valence-corrected chi connectivity index (χ0v) is 10.4. The molecule has 0 atom stereocenters. The van der Waals surface area contributed by atoms with E-state index in [9.17, 15) is 4.79 Å². The molecule has 0 radical (unpaired) electrons. The highest BCUT2D eigenvalue weighted by molar-refractivity contribution is 5.85. The van der Waals surface area contributed by atoms with Crippen molar-refractivity contribution in [2.45, 2.75) is 12.8 Å². The predicted octanol–water partition coefficient (Wildman–Crippen LogP) is 1.04. The van der Waals surface area contributed by atoms with E-state index in [0.29, 0.717) is 5.92 Å². The average Bonchev–Trinajstić information content (AvgIpc) is 2.40. The van der Waals surface area contributed by atoms with Crippen LogP contribution in [0, 0.1) is 5.92 Å². The van der Waals surface area contributed by atoms with Crippen molar-refractivity contribution in [3.63, 3.8) is 0 Å². The third kappa shape index (κ3) is 2.95. The van der Waals surface area contributed by atoms with Crippen LogP contribution in [0.15, 0.2) is 12.1 Å². The minimum atomic E-state index is -1.05. The number of carboxylic acid groups (broad SMARTS) is 1. The molecule has 18 heavy (non-hydrogen) atoms. The fourth-order valence-electron chi connectivity index (χ4n) is 2.17. The van der Waals surface area contributed by atoms with Gasteiger partial charge in [0.05, 0.1) is 0 Å². The van der Waals surface area contributed by atoms with Crippen molar-refractivity contribution in [3.8, 4) is 0 Å². The highest BCUT2D eigenvalue weighted by Gasteiger charge is 2.20. The van der Waals surface area contributed by atoms with E-state index in [4.69, 9.17) is 9.84 Å². The minimum absolute atomic E-state index is 0.0204. The lowest BCUT2D eigenvalue weighted by molar-refractivity contribution is 0.0689. The van der Waals surface area contributed by atoms with Gasteiger partial charge in [0, 0.05) is 26.8 Å². The molecule has 0 spiro atoms. The zero-order valence-electron chi connectivity index (χ0n) is 10.4. The fraction of sp³-hybridized carbons (Fsp3) is 0.583. The summed E-state index contributed by atoms with van der Waals surface area (Å²) in [5, 5.41) is 16.4. The van der Waals surface area contributed by atoms with Gasteiger partial charge in [-0.3, -0.25) is 0 Å². The van der Waals surface area contributed by atoms with Crippen LogP contribution in [-0.4, -0.2) is 48.1 Å². The average molecular weight is 251 g/mol. The highest BCUT2D eigenvalue weighted by Crippen LogP contribution is 2.21. The number of anilines is 1. The standard InChI is InChI=1S/C12H17N3O3/c1-18-8-9-4-6-15(7-5-9)11-3-2-10(12(16)17)13-14-11/h2-3,9H,4-8H2,1H3,(H,16,17). The molecule has 0 saturated carbocycles. The van der Waals surface area contributed by atoms with E-state index in [0.717, 1.165) is 38.4 Å². The number of rotatable bonds is 4. The van der Waals surface area contributed by atoms with Gasteiger partial charge in [0.2, 0.25) is 0 Å². The SMILES string of the molecule is COCC1CCN(c2ccc(C(=O)O)nn2)CC1. The number of aromatic nitrogens is 2. The van der Waals surface area contributed by atoms with E-state index in [1.54, 1.807) is 13.2 Å². The topological polar surface area (TPSA) is 75.5 Å². The van der Waals surface area contributed by atoms with Crippen molar-refractivity contribution >= 4 is 11.8 Å². The minimum Gasteiger partial charge on any atom is -0.476 e. The third-order valence-corrected chi connectivity index (χ3v) is 3.21. The van der Waals surface area contributed by atoms with Crippen LogP contribution in [0.25, 0.3) is 0 Å². The Morgan fingerprint density at radius 1 is 1.44 bits per heavy atom. The molecule has 0 aliphatic carbocycles. The molecule has 2 rings (SSSR count). The van der Waals surface area contributed by atoms with Crippen molar-refractivity contribution in [1.29, 1.82) is 0 Å². The first-order valence-corrected chi connectivity index (χ1v) is 6.01. The van der Waals surface area contributed by atoms with Crippen LogP contribution >= 0.6 is 0 Å². The van der Waals surface area contributed by atoms with E-state index < -0.39 is 5.97 Å².